The second kappa shape index (κ2) is 13.0. The Bertz CT molecular complexity index is 1030. The maximum absolute atomic E-state index is 12.8. The number of nitrogens with zero attached hydrogens (tertiary/aromatic N) is 2. The standard InChI is InChI=1S/C25H29Cl2N3O3S/c1-3-5-6-7-14-33-19-11-8-17(9-12-19)28-23(31)16-22-24(32)30(4-2)25(34-22)29-18-10-13-20(26)21(27)15-18/h8-13,15,22H,3-7,14,16H2,1-2H3,(H,28,31)/t22-/m0/s1. The van der Waals surface area contributed by atoms with Crippen LogP contribution >= 0.6 is 35.0 Å². The highest BCUT2D eigenvalue weighted by molar-refractivity contribution is 8.15. The third kappa shape index (κ3) is 7.39. The summed E-state index contributed by atoms with van der Waals surface area (Å²) in [4.78, 5) is 31.6. The van der Waals surface area contributed by atoms with Crippen LogP contribution < -0.4 is 10.1 Å². The number of carbonyl (C=O) groups is 2. The molecule has 0 saturated carbocycles. The molecule has 2 amide bonds. The third-order valence-electron chi connectivity index (χ3n) is 5.24. The predicted molar refractivity (Wildman–Crippen MR) is 142 cm³/mol. The normalized spacial score (nSPS) is 16.8. The highest BCUT2D eigenvalue weighted by Gasteiger charge is 2.38. The number of carbonyl (C=O) groups excluding carboxylic acids is 2. The van der Waals surface area contributed by atoms with E-state index in [2.05, 4.69) is 17.2 Å². The van der Waals surface area contributed by atoms with Crippen molar-refractivity contribution in [2.75, 3.05) is 18.5 Å². The predicted octanol–water partition coefficient (Wildman–Crippen LogP) is 6.93. The van der Waals surface area contributed by atoms with Gasteiger partial charge >= 0.3 is 0 Å². The number of halogens is 2. The van der Waals surface area contributed by atoms with Gasteiger partial charge in [0.2, 0.25) is 11.8 Å². The molecular weight excluding hydrogens is 493 g/mol. The van der Waals surface area contributed by atoms with Crippen LogP contribution in [0.3, 0.4) is 0 Å². The van der Waals surface area contributed by atoms with Gasteiger partial charge in [-0.15, -0.1) is 0 Å². The van der Waals surface area contributed by atoms with Crippen molar-refractivity contribution in [2.45, 2.75) is 51.2 Å². The molecule has 1 N–H and O–H groups in total. The zero-order chi connectivity index (χ0) is 24.5. The number of amidine groups is 1. The van der Waals surface area contributed by atoms with Gasteiger partial charge in [-0.3, -0.25) is 14.5 Å². The first kappa shape index (κ1) is 26.4. The highest BCUT2D eigenvalue weighted by Crippen LogP contribution is 2.33. The molecule has 0 bridgehead atoms. The topological polar surface area (TPSA) is 71.0 Å². The number of hydrogen-bond acceptors (Lipinski definition) is 5. The van der Waals surface area contributed by atoms with Crippen molar-refractivity contribution in [2.24, 2.45) is 4.99 Å². The Labute approximate surface area is 215 Å². The minimum absolute atomic E-state index is 0.0517. The molecule has 1 aliphatic heterocycles. The first-order valence-electron chi connectivity index (χ1n) is 11.5. The molecular formula is C25H29Cl2N3O3S. The molecule has 0 unspecified atom stereocenters. The highest BCUT2D eigenvalue weighted by atomic mass is 35.5. The fraction of sp³-hybridized carbons (Fsp3) is 0.400. The number of unbranched alkanes of at least 4 members (excludes halogenated alkanes) is 3. The molecule has 182 valence electrons. The fourth-order valence-corrected chi connectivity index (χ4v) is 4.93. The van der Waals surface area contributed by atoms with Crippen molar-refractivity contribution in [3.63, 3.8) is 0 Å². The summed E-state index contributed by atoms with van der Waals surface area (Å²) in [6.07, 6.45) is 4.66. The lowest BCUT2D eigenvalue weighted by Crippen LogP contribution is -2.33. The van der Waals surface area contributed by atoms with E-state index in [0.29, 0.717) is 39.7 Å². The number of rotatable bonds is 11. The van der Waals surface area contributed by atoms with Gasteiger partial charge in [-0.1, -0.05) is 61.1 Å². The Hall–Kier alpha value is -2.22. The maximum atomic E-state index is 12.8. The van der Waals surface area contributed by atoms with Gasteiger partial charge in [0.05, 0.1) is 22.3 Å². The molecule has 1 fully saturated rings. The molecule has 0 radical (unpaired) electrons. The molecule has 6 nitrogen and oxygen atoms in total. The zero-order valence-corrected chi connectivity index (χ0v) is 21.7. The minimum Gasteiger partial charge on any atom is -0.494 e. The number of anilines is 1. The third-order valence-corrected chi connectivity index (χ3v) is 7.15. The number of hydrogen-bond donors (Lipinski definition) is 1. The van der Waals surface area contributed by atoms with Crippen molar-refractivity contribution >= 4 is 63.3 Å². The molecule has 0 aromatic heterocycles. The minimum atomic E-state index is -0.535. The van der Waals surface area contributed by atoms with Gasteiger partial charge in [0.15, 0.2) is 5.17 Å². The van der Waals surface area contributed by atoms with Gasteiger partial charge in [0.25, 0.3) is 0 Å². The van der Waals surface area contributed by atoms with Crippen LogP contribution in [0.25, 0.3) is 0 Å². The summed E-state index contributed by atoms with van der Waals surface area (Å²) in [7, 11) is 0. The number of ether oxygens (including phenoxy) is 1. The smallest absolute Gasteiger partial charge is 0.242 e. The van der Waals surface area contributed by atoms with E-state index in [4.69, 9.17) is 27.9 Å². The molecule has 1 aliphatic rings. The lowest BCUT2D eigenvalue weighted by atomic mass is 10.2. The van der Waals surface area contributed by atoms with Crippen LogP contribution in [0.2, 0.25) is 10.0 Å². The average Bonchev–Trinajstić information content (AvgIpc) is 3.10. The lowest BCUT2D eigenvalue weighted by Gasteiger charge is -2.13. The van der Waals surface area contributed by atoms with E-state index in [0.717, 1.165) is 18.6 Å². The maximum Gasteiger partial charge on any atom is 0.242 e. The Morgan fingerprint density at radius 2 is 1.85 bits per heavy atom. The number of benzene rings is 2. The van der Waals surface area contributed by atoms with Crippen molar-refractivity contribution < 1.29 is 14.3 Å². The molecule has 0 spiro atoms. The van der Waals surface area contributed by atoms with Crippen LogP contribution in [0.15, 0.2) is 47.5 Å². The molecule has 0 aliphatic carbocycles. The zero-order valence-electron chi connectivity index (χ0n) is 19.4. The first-order chi connectivity index (χ1) is 16.4. The van der Waals surface area contributed by atoms with Crippen LogP contribution in [-0.4, -0.2) is 40.3 Å². The first-order valence-corrected chi connectivity index (χ1v) is 13.1. The molecule has 3 rings (SSSR count). The molecule has 1 atom stereocenters. The molecule has 9 heteroatoms. The Morgan fingerprint density at radius 3 is 2.53 bits per heavy atom. The summed E-state index contributed by atoms with van der Waals surface area (Å²) in [6.45, 7) is 5.20. The van der Waals surface area contributed by atoms with Crippen LogP contribution in [0.1, 0.15) is 46.0 Å². The van der Waals surface area contributed by atoms with E-state index < -0.39 is 5.25 Å². The van der Waals surface area contributed by atoms with Gasteiger partial charge in [-0.05, 0) is 55.8 Å². The van der Waals surface area contributed by atoms with E-state index in [-0.39, 0.29) is 18.2 Å². The second-order valence-corrected chi connectivity index (χ2v) is 9.85. The Kier molecular flexibility index (Phi) is 10.1. The summed E-state index contributed by atoms with van der Waals surface area (Å²) in [6, 6.07) is 12.3. The van der Waals surface area contributed by atoms with E-state index >= 15 is 0 Å². The molecule has 1 heterocycles. The average molecular weight is 522 g/mol. The summed E-state index contributed by atoms with van der Waals surface area (Å²) < 4.78 is 5.74. The molecule has 34 heavy (non-hydrogen) atoms. The van der Waals surface area contributed by atoms with Crippen molar-refractivity contribution in [1.29, 1.82) is 0 Å². The fourth-order valence-electron chi connectivity index (χ4n) is 3.41. The number of aliphatic imine (C=N–C) groups is 1. The summed E-state index contributed by atoms with van der Waals surface area (Å²) in [5.41, 5.74) is 1.26. The van der Waals surface area contributed by atoms with E-state index in [1.807, 2.05) is 19.1 Å². The van der Waals surface area contributed by atoms with Crippen LogP contribution in [0.5, 0.6) is 5.75 Å². The number of thioether (sulfide) groups is 1. The lowest BCUT2D eigenvalue weighted by molar-refractivity contribution is -0.128. The van der Waals surface area contributed by atoms with Gasteiger partial charge in [-0.2, -0.15) is 0 Å². The Morgan fingerprint density at radius 1 is 1.09 bits per heavy atom. The SMILES string of the molecule is CCCCCCOc1ccc(NC(=O)C[C@@H]2SC(=Nc3ccc(Cl)c(Cl)c3)N(CC)C2=O)cc1. The van der Waals surface area contributed by atoms with Crippen LogP contribution in [0.4, 0.5) is 11.4 Å². The second-order valence-electron chi connectivity index (χ2n) is 7.87. The van der Waals surface area contributed by atoms with Crippen LogP contribution in [0, 0.1) is 0 Å². The summed E-state index contributed by atoms with van der Waals surface area (Å²) in [5.74, 6) is 0.414. The van der Waals surface area contributed by atoms with Crippen molar-refractivity contribution in [3.8, 4) is 5.75 Å². The number of amides is 2. The molecule has 2 aromatic carbocycles. The van der Waals surface area contributed by atoms with Crippen molar-refractivity contribution in [3.05, 3.63) is 52.5 Å². The van der Waals surface area contributed by atoms with E-state index in [1.165, 1.54) is 24.6 Å². The van der Waals surface area contributed by atoms with E-state index in [1.54, 1.807) is 35.2 Å². The van der Waals surface area contributed by atoms with Gasteiger partial charge in [0, 0.05) is 18.7 Å². The number of nitrogens with one attached hydrogen (secondary N) is 1. The van der Waals surface area contributed by atoms with Gasteiger partial charge < -0.3 is 10.1 Å². The molecule has 1 saturated heterocycles. The van der Waals surface area contributed by atoms with E-state index in [9.17, 15) is 9.59 Å². The van der Waals surface area contributed by atoms with Crippen molar-refractivity contribution in [1.82, 2.24) is 4.90 Å². The summed E-state index contributed by atoms with van der Waals surface area (Å²) >= 11 is 13.3. The Balaban J connectivity index is 1.55. The van der Waals surface area contributed by atoms with Crippen LogP contribution in [-0.2, 0) is 9.59 Å². The van der Waals surface area contributed by atoms with Gasteiger partial charge in [-0.25, -0.2) is 4.99 Å². The van der Waals surface area contributed by atoms with Gasteiger partial charge in [0.1, 0.15) is 11.0 Å². The molecule has 2 aromatic rings. The quantitative estimate of drug-likeness (QED) is 0.325. The largest absolute Gasteiger partial charge is 0.494 e. The monoisotopic (exact) mass is 521 g/mol. The summed E-state index contributed by atoms with van der Waals surface area (Å²) in [5, 5.41) is 3.70.